The highest BCUT2D eigenvalue weighted by Crippen LogP contribution is 1.88. The number of carbonyl (C=O) groups is 1. The van der Waals surface area contributed by atoms with Gasteiger partial charge in [0.15, 0.2) is 0 Å². The molecule has 0 rings (SSSR count). The minimum atomic E-state index is -0.556. The molecule has 0 aliphatic carbocycles. The van der Waals surface area contributed by atoms with E-state index in [1.54, 1.807) is 13.8 Å². The van der Waals surface area contributed by atoms with Crippen LogP contribution in [0.3, 0.4) is 0 Å². The van der Waals surface area contributed by atoms with Crippen LogP contribution in [0, 0.1) is 11.3 Å². The molecule has 0 aromatic carbocycles. The molecule has 0 saturated heterocycles. The molecule has 0 heterocycles. The summed E-state index contributed by atoms with van der Waals surface area (Å²) in [6, 6.07) is 1.83. The zero-order chi connectivity index (χ0) is 8.69. The summed E-state index contributed by atoms with van der Waals surface area (Å²) in [7, 11) is 0. The predicted octanol–water partition coefficient (Wildman–Crippen LogP) is 0.478. The number of hydrogen-bond donors (Lipinski definition) is 0. The summed E-state index contributed by atoms with van der Waals surface area (Å²) in [5, 5.41) is 8.25. The lowest BCUT2D eigenvalue weighted by molar-refractivity contribution is -0.149. The second-order valence-electron chi connectivity index (χ2n) is 1.89. The molecule has 0 aliphatic heterocycles. The summed E-state index contributed by atoms with van der Waals surface area (Å²) in [5.41, 5.74) is 0. The van der Waals surface area contributed by atoms with Crippen LogP contribution in [0.25, 0.3) is 0 Å². The molecule has 0 fully saturated rings. The fourth-order valence-electron chi connectivity index (χ4n) is 0.433. The highest BCUT2D eigenvalue weighted by molar-refractivity contribution is 5.70. The molecule has 0 aliphatic rings. The maximum Gasteiger partial charge on any atom is 0.332 e. The molecular weight excluding hydrogens is 146 g/mol. The molecule has 0 aromatic heterocycles. The largest absolute Gasteiger partial charge is 0.464 e. The van der Waals surface area contributed by atoms with Crippen molar-refractivity contribution in [3.63, 3.8) is 0 Å². The van der Waals surface area contributed by atoms with Crippen LogP contribution < -0.4 is 0 Å². The van der Waals surface area contributed by atoms with E-state index < -0.39 is 12.1 Å². The predicted molar refractivity (Wildman–Crippen MR) is 37.7 cm³/mol. The van der Waals surface area contributed by atoms with E-state index in [9.17, 15) is 4.79 Å². The third-order valence-electron chi connectivity index (χ3n) is 0.938. The molecule has 4 nitrogen and oxygen atoms in total. The number of nitrogens with zero attached hydrogens (tertiary/aromatic N) is 1. The number of nitriles is 1. The Bertz CT molecular complexity index is 162. The third kappa shape index (κ3) is 5.37. The SMILES string of the molecule is CCOC(=O)COC(C)C#N. The lowest BCUT2D eigenvalue weighted by atomic mass is 10.5. The maximum atomic E-state index is 10.6. The lowest BCUT2D eigenvalue weighted by Gasteiger charge is -2.03. The average Bonchev–Trinajstić information content (AvgIpc) is 2.01. The van der Waals surface area contributed by atoms with Crippen LogP contribution in [0.5, 0.6) is 0 Å². The van der Waals surface area contributed by atoms with Crippen LogP contribution in [0.1, 0.15) is 13.8 Å². The van der Waals surface area contributed by atoms with Crippen molar-refractivity contribution in [2.75, 3.05) is 13.2 Å². The van der Waals surface area contributed by atoms with E-state index in [2.05, 4.69) is 4.74 Å². The third-order valence-corrected chi connectivity index (χ3v) is 0.938. The van der Waals surface area contributed by atoms with Crippen LogP contribution >= 0.6 is 0 Å². The van der Waals surface area contributed by atoms with Crippen molar-refractivity contribution in [2.45, 2.75) is 20.0 Å². The van der Waals surface area contributed by atoms with Gasteiger partial charge in [-0.1, -0.05) is 0 Å². The van der Waals surface area contributed by atoms with Gasteiger partial charge in [0.25, 0.3) is 0 Å². The van der Waals surface area contributed by atoms with Gasteiger partial charge in [0.05, 0.1) is 12.7 Å². The van der Waals surface area contributed by atoms with Crippen molar-refractivity contribution in [3.8, 4) is 6.07 Å². The van der Waals surface area contributed by atoms with Crippen LogP contribution in [-0.4, -0.2) is 25.3 Å². The second kappa shape index (κ2) is 5.69. The van der Waals surface area contributed by atoms with Gasteiger partial charge in [0, 0.05) is 0 Å². The molecule has 4 heteroatoms. The molecule has 62 valence electrons. The first-order valence-electron chi connectivity index (χ1n) is 3.37. The maximum absolute atomic E-state index is 10.6. The van der Waals surface area contributed by atoms with Gasteiger partial charge in [0.2, 0.25) is 0 Å². The lowest BCUT2D eigenvalue weighted by Crippen LogP contribution is -2.16. The molecule has 11 heavy (non-hydrogen) atoms. The molecule has 0 amide bonds. The minimum Gasteiger partial charge on any atom is -0.464 e. The van der Waals surface area contributed by atoms with Crippen molar-refractivity contribution in [3.05, 3.63) is 0 Å². The fraction of sp³-hybridized carbons (Fsp3) is 0.714. The van der Waals surface area contributed by atoms with Crippen LogP contribution in [0.2, 0.25) is 0 Å². The van der Waals surface area contributed by atoms with E-state index >= 15 is 0 Å². The number of carbonyl (C=O) groups excluding carboxylic acids is 1. The van der Waals surface area contributed by atoms with Gasteiger partial charge in [-0.2, -0.15) is 5.26 Å². The Labute approximate surface area is 65.7 Å². The first-order valence-corrected chi connectivity index (χ1v) is 3.37. The number of hydrogen-bond acceptors (Lipinski definition) is 4. The number of rotatable bonds is 4. The smallest absolute Gasteiger partial charge is 0.332 e. The van der Waals surface area contributed by atoms with Gasteiger partial charge in [-0.15, -0.1) is 0 Å². The topological polar surface area (TPSA) is 59.3 Å². The summed E-state index contributed by atoms with van der Waals surface area (Å²) in [5.74, 6) is -0.436. The average molecular weight is 157 g/mol. The Balaban J connectivity index is 3.39. The fourth-order valence-corrected chi connectivity index (χ4v) is 0.433. The van der Waals surface area contributed by atoms with Gasteiger partial charge >= 0.3 is 5.97 Å². The molecule has 0 spiro atoms. The summed E-state index contributed by atoms with van der Waals surface area (Å²) >= 11 is 0. The van der Waals surface area contributed by atoms with Crippen molar-refractivity contribution < 1.29 is 14.3 Å². The van der Waals surface area contributed by atoms with Crippen LogP contribution in [-0.2, 0) is 14.3 Å². The van der Waals surface area contributed by atoms with Crippen molar-refractivity contribution >= 4 is 5.97 Å². The first-order chi connectivity index (χ1) is 5.20. The van der Waals surface area contributed by atoms with Gasteiger partial charge in [-0.25, -0.2) is 4.79 Å². The minimum absolute atomic E-state index is 0.150. The van der Waals surface area contributed by atoms with E-state index in [4.69, 9.17) is 10.00 Å². The van der Waals surface area contributed by atoms with Crippen molar-refractivity contribution in [2.24, 2.45) is 0 Å². The molecule has 0 bridgehead atoms. The van der Waals surface area contributed by atoms with E-state index in [0.29, 0.717) is 6.61 Å². The monoisotopic (exact) mass is 157 g/mol. The molecule has 0 saturated carbocycles. The number of ether oxygens (including phenoxy) is 2. The summed E-state index contributed by atoms with van der Waals surface area (Å²) < 4.78 is 9.33. The zero-order valence-electron chi connectivity index (χ0n) is 6.66. The Hall–Kier alpha value is -1.08. The van der Waals surface area contributed by atoms with Crippen LogP contribution in [0.15, 0.2) is 0 Å². The highest BCUT2D eigenvalue weighted by Gasteiger charge is 2.04. The van der Waals surface area contributed by atoms with E-state index in [0.717, 1.165) is 0 Å². The summed E-state index contributed by atoms with van der Waals surface area (Å²) in [6.45, 7) is 3.47. The zero-order valence-corrected chi connectivity index (χ0v) is 6.66. The normalized spacial score (nSPS) is 11.7. The van der Waals surface area contributed by atoms with Crippen molar-refractivity contribution in [1.82, 2.24) is 0 Å². The molecule has 1 atom stereocenters. The van der Waals surface area contributed by atoms with E-state index in [1.165, 1.54) is 0 Å². The van der Waals surface area contributed by atoms with Gasteiger partial charge in [-0.3, -0.25) is 0 Å². The molecular formula is C7H11NO3. The Morgan fingerprint density at radius 1 is 1.73 bits per heavy atom. The number of esters is 1. The Kier molecular flexibility index (Phi) is 5.13. The standard InChI is InChI=1S/C7H11NO3/c1-3-10-7(9)5-11-6(2)4-8/h6H,3,5H2,1-2H3. The Morgan fingerprint density at radius 3 is 2.82 bits per heavy atom. The first kappa shape index (κ1) is 9.92. The van der Waals surface area contributed by atoms with Gasteiger partial charge in [0.1, 0.15) is 12.7 Å². The van der Waals surface area contributed by atoms with Crippen LogP contribution in [0.4, 0.5) is 0 Å². The van der Waals surface area contributed by atoms with Gasteiger partial charge in [-0.05, 0) is 13.8 Å². The van der Waals surface area contributed by atoms with E-state index in [1.807, 2.05) is 6.07 Å². The molecule has 0 aromatic rings. The van der Waals surface area contributed by atoms with E-state index in [-0.39, 0.29) is 6.61 Å². The molecule has 0 N–H and O–H groups in total. The van der Waals surface area contributed by atoms with Gasteiger partial charge < -0.3 is 9.47 Å². The van der Waals surface area contributed by atoms with Crippen molar-refractivity contribution in [1.29, 1.82) is 5.26 Å². The summed E-state index contributed by atoms with van der Waals surface area (Å²) in [6.07, 6.45) is -0.556. The molecule has 1 unspecified atom stereocenters. The highest BCUT2D eigenvalue weighted by atomic mass is 16.6. The molecule has 0 radical (unpaired) electrons. The Morgan fingerprint density at radius 2 is 2.36 bits per heavy atom. The second-order valence-corrected chi connectivity index (χ2v) is 1.89. The quantitative estimate of drug-likeness (QED) is 0.557. The summed E-state index contributed by atoms with van der Waals surface area (Å²) in [4.78, 5) is 10.6.